The van der Waals surface area contributed by atoms with Crippen LogP contribution in [0, 0.1) is 11.8 Å². The number of nitrogens with zero attached hydrogens (tertiary/aromatic N) is 3. The van der Waals surface area contributed by atoms with Gasteiger partial charge in [-0.25, -0.2) is 9.98 Å². The maximum absolute atomic E-state index is 5.64. The van der Waals surface area contributed by atoms with Crippen molar-refractivity contribution in [1.29, 1.82) is 0 Å². The second-order valence-electron chi connectivity index (χ2n) is 20.2. The Hall–Kier alpha value is -6.17. The summed E-state index contributed by atoms with van der Waals surface area (Å²) in [5.41, 5.74) is 16.4. The molecular formula is C63H60N4S. The highest BCUT2D eigenvalue weighted by Gasteiger charge is 2.39. The van der Waals surface area contributed by atoms with Gasteiger partial charge in [0.15, 0.2) is 5.84 Å². The third-order valence-corrected chi connectivity index (χ3v) is 17.2. The molecule has 0 bridgehead atoms. The third-order valence-electron chi connectivity index (χ3n) is 16.0. The Morgan fingerprint density at radius 3 is 2.38 bits per heavy atom. The van der Waals surface area contributed by atoms with Crippen LogP contribution in [0.25, 0.3) is 33.1 Å². The molecular weight excluding hydrogens is 845 g/mol. The van der Waals surface area contributed by atoms with E-state index in [-0.39, 0.29) is 18.0 Å². The molecule has 0 radical (unpaired) electrons. The van der Waals surface area contributed by atoms with E-state index in [1.54, 1.807) is 5.57 Å². The number of fused-ring (bicyclic) bond motifs is 6. The van der Waals surface area contributed by atoms with E-state index in [1.807, 2.05) is 11.8 Å². The van der Waals surface area contributed by atoms with Crippen LogP contribution in [0.2, 0.25) is 0 Å². The van der Waals surface area contributed by atoms with Crippen molar-refractivity contribution in [3.05, 3.63) is 207 Å². The minimum absolute atomic E-state index is 0.124. The molecule has 0 spiro atoms. The van der Waals surface area contributed by atoms with Crippen molar-refractivity contribution in [1.82, 2.24) is 9.88 Å². The number of rotatable bonds is 8. The maximum Gasteiger partial charge on any atom is 0.155 e. The molecule has 5 heteroatoms. The molecule has 5 atom stereocenters. The number of aromatic nitrogens is 1. The van der Waals surface area contributed by atoms with Crippen LogP contribution < -0.4 is 5.32 Å². The normalized spacial score (nSPS) is 25.6. The lowest BCUT2D eigenvalue weighted by Gasteiger charge is -2.32. The second kappa shape index (κ2) is 18.1. The minimum Gasteiger partial charge on any atom is -0.344 e. The summed E-state index contributed by atoms with van der Waals surface area (Å²) in [6, 6.07) is 32.4. The number of para-hydroxylation sites is 1. The lowest BCUT2D eigenvalue weighted by molar-refractivity contribution is 0.590. The molecule has 8 aliphatic rings. The largest absolute Gasteiger partial charge is 0.344 e. The van der Waals surface area contributed by atoms with Gasteiger partial charge in [0.1, 0.15) is 12.0 Å². The Bertz CT molecular complexity index is 3210. The fraction of sp³-hybridized carbons (Fsp3) is 0.302. The van der Waals surface area contributed by atoms with E-state index in [0.29, 0.717) is 11.8 Å². The first-order valence-corrected chi connectivity index (χ1v) is 26.6. The Labute approximate surface area is 406 Å². The lowest BCUT2D eigenvalue weighted by atomic mass is 9.74. The topological polar surface area (TPSA) is 41.7 Å². The summed E-state index contributed by atoms with van der Waals surface area (Å²) in [5, 5.41) is 6.67. The fourth-order valence-electron chi connectivity index (χ4n) is 12.6. The third kappa shape index (κ3) is 7.71. The zero-order valence-corrected chi connectivity index (χ0v) is 39.9. The van der Waals surface area contributed by atoms with E-state index < -0.39 is 0 Å². The van der Waals surface area contributed by atoms with Crippen LogP contribution in [-0.4, -0.2) is 16.2 Å². The first-order valence-electron chi connectivity index (χ1n) is 25.8. The van der Waals surface area contributed by atoms with Crippen LogP contribution in [0.15, 0.2) is 194 Å². The summed E-state index contributed by atoms with van der Waals surface area (Å²) in [6.45, 7) is 0. The molecule has 1 aromatic heterocycles. The van der Waals surface area contributed by atoms with Crippen LogP contribution in [-0.2, 0) is 0 Å². The SMILES string of the molecule is C1=CCCC(C2=NC(c3cc(C4=CC(C5C=CCCC5)=CC(C5=CCCCC5)C4)ccc3C3C=CC=C4Sc5cc6c(cc5C43)c3ccccc3n6C3=CCCCC3)NC(c3ccccc3)=N2)=C1. The van der Waals surface area contributed by atoms with Crippen molar-refractivity contribution in [2.24, 2.45) is 21.8 Å². The Morgan fingerprint density at radius 2 is 1.54 bits per heavy atom. The molecule has 0 saturated carbocycles. The number of amidine groups is 2. The second-order valence-corrected chi connectivity index (χ2v) is 21.3. The summed E-state index contributed by atoms with van der Waals surface area (Å²) >= 11 is 1.98. The van der Waals surface area contributed by atoms with Crippen molar-refractivity contribution in [2.75, 3.05) is 0 Å². The lowest BCUT2D eigenvalue weighted by Crippen LogP contribution is -2.34. The van der Waals surface area contributed by atoms with Gasteiger partial charge in [0.05, 0.1) is 11.0 Å². The average molecular weight is 905 g/mol. The smallest absolute Gasteiger partial charge is 0.155 e. The molecule has 3 heterocycles. The van der Waals surface area contributed by atoms with Gasteiger partial charge < -0.3 is 9.88 Å². The maximum atomic E-state index is 5.64. The molecule has 4 nitrogen and oxygen atoms in total. The highest BCUT2D eigenvalue weighted by atomic mass is 32.2. The van der Waals surface area contributed by atoms with E-state index >= 15 is 0 Å². The van der Waals surface area contributed by atoms with Gasteiger partial charge in [0, 0.05) is 56.2 Å². The summed E-state index contributed by atoms with van der Waals surface area (Å²) < 4.78 is 2.59. The van der Waals surface area contributed by atoms with Crippen LogP contribution in [0.1, 0.15) is 136 Å². The average Bonchev–Trinajstić information content (AvgIpc) is 3.95. The molecule has 1 N–H and O–H groups in total. The molecule has 68 heavy (non-hydrogen) atoms. The Morgan fingerprint density at radius 1 is 0.647 bits per heavy atom. The number of nitrogens with one attached hydrogen (secondary N) is 1. The van der Waals surface area contributed by atoms with Crippen LogP contribution in [0.4, 0.5) is 0 Å². The summed E-state index contributed by atoms with van der Waals surface area (Å²) in [7, 11) is 0. The van der Waals surface area contributed by atoms with Gasteiger partial charge >= 0.3 is 0 Å². The predicted molar refractivity (Wildman–Crippen MR) is 287 cm³/mol. The molecule has 13 rings (SSSR count). The predicted octanol–water partition coefficient (Wildman–Crippen LogP) is 16.5. The first kappa shape index (κ1) is 42.0. The van der Waals surface area contributed by atoms with Gasteiger partial charge in [-0.05, 0) is 152 Å². The fourth-order valence-corrected chi connectivity index (χ4v) is 13.9. The molecule has 0 saturated heterocycles. The van der Waals surface area contributed by atoms with Gasteiger partial charge in [-0.3, -0.25) is 0 Å². The molecule has 6 aliphatic carbocycles. The zero-order valence-electron chi connectivity index (χ0n) is 39.0. The van der Waals surface area contributed by atoms with E-state index in [0.717, 1.165) is 49.3 Å². The monoisotopic (exact) mass is 904 g/mol. The Balaban J connectivity index is 0.967. The first-order chi connectivity index (χ1) is 33.7. The van der Waals surface area contributed by atoms with Gasteiger partial charge in [-0.2, -0.15) is 0 Å². The molecule has 5 aromatic rings. The summed E-state index contributed by atoms with van der Waals surface area (Å²) in [4.78, 5) is 13.7. The molecule has 338 valence electrons. The number of allylic oxidation sites excluding steroid dienone is 17. The zero-order chi connectivity index (χ0) is 45.0. The number of thioether (sulfide) groups is 1. The van der Waals surface area contributed by atoms with Crippen molar-refractivity contribution < 1.29 is 0 Å². The van der Waals surface area contributed by atoms with Gasteiger partial charge in [-0.15, -0.1) is 0 Å². The van der Waals surface area contributed by atoms with E-state index in [2.05, 4.69) is 168 Å². The van der Waals surface area contributed by atoms with Crippen LogP contribution in [0.5, 0.6) is 0 Å². The highest BCUT2D eigenvalue weighted by molar-refractivity contribution is 8.03. The van der Waals surface area contributed by atoms with Crippen molar-refractivity contribution in [3.8, 4) is 0 Å². The van der Waals surface area contributed by atoms with E-state index in [1.165, 1.54) is 134 Å². The Kier molecular flexibility index (Phi) is 11.1. The quantitative estimate of drug-likeness (QED) is 0.158. The molecule has 0 fully saturated rings. The van der Waals surface area contributed by atoms with Crippen LogP contribution in [0.3, 0.4) is 0 Å². The van der Waals surface area contributed by atoms with Crippen molar-refractivity contribution >= 4 is 56.5 Å². The minimum atomic E-state index is -0.322. The standard InChI is InChI=1S/C63H60N4S/c1-6-19-41(20-7-1)46-35-47(42-21-8-2-9-22-42)37-48(36-46)45-33-34-50(54(38-45)63-65-61(43-23-10-3-11-24-43)64-62(66-63)44-25-12-4-13-26-44)52-30-18-32-58-60(52)55-39-53-51-29-16-17-31-56(51)67(49-27-14-5-15-28-49)57(53)40-59(55)68-58/h3-4,6,10-12,16-19,21,23-25,27,29-36,38-41,47,52,60,63H,1-2,5,7-9,13-15,20,22,26,28,37H2,(H,64,65,66). The number of benzene rings is 4. The summed E-state index contributed by atoms with van der Waals surface area (Å²) in [6.07, 6.45) is 45.3. The van der Waals surface area contributed by atoms with Crippen molar-refractivity contribution in [2.45, 2.75) is 113 Å². The van der Waals surface area contributed by atoms with Crippen molar-refractivity contribution in [3.63, 3.8) is 0 Å². The highest BCUT2D eigenvalue weighted by Crippen LogP contribution is 2.58. The van der Waals surface area contributed by atoms with Gasteiger partial charge in [-0.1, -0.05) is 151 Å². The van der Waals surface area contributed by atoms with Gasteiger partial charge in [0.25, 0.3) is 0 Å². The number of hydrogen-bond acceptors (Lipinski definition) is 4. The van der Waals surface area contributed by atoms with E-state index in [9.17, 15) is 0 Å². The van der Waals surface area contributed by atoms with Gasteiger partial charge in [0.2, 0.25) is 0 Å². The number of hydrogen-bond donors (Lipinski definition) is 1. The molecule has 5 unspecified atom stereocenters. The summed E-state index contributed by atoms with van der Waals surface area (Å²) in [5.74, 6) is 2.99. The molecule has 2 aliphatic heterocycles. The molecule has 4 aromatic carbocycles. The molecule has 0 amide bonds. The number of aliphatic imine (C=N–C) groups is 2. The van der Waals surface area contributed by atoms with Crippen LogP contribution >= 0.6 is 11.8 Å². The van der Waals surface area contributed by atoms with E-state index in [4.69, 9.17) is 9.98 Å².